The number of fused-ring (bicyclic) bond motifs is 1. The Balaban J connectivity index is 1.73. The van der Waals surface area contributed by atoms with Gasteiger partial charge in [-0.1, -0.05) is 44.2 Å². The number of hydrogen-bond donors (Lipinski definition) is 3. The molecule has 0 aromatic carbocycles. The van der Waals surface area contributed by atoms with Crippen LogP contribution in [0.25, 0.3) is 11.0 Å². The average molecular weight is 362 g/mol. The fraction of sp³-hybridized carbons (Fsp3) is 0.737. The first kappa shape index (κ1) is 19.0. The van der Waals surface area contributed by atoms with E-state index in [1.165, 1.54) is 25.7 Å². The summed E-state index contributed by atoms with van der Waals surface area (Å²) in [7, 11) is 0. The minimum atomic E-state index is -0.571. The van der Waals surface area contributed by atoms with E-state index in [1.807, 2.05) is 6.07 Å². The third-order valence-electron chi connectivity index (χ3n) is 5.50. The summed E-state index contributed by atoms with van der Waals surface area (Å²) in [5.74, 6) is 0.0684. The third-order valence-corrected chi connectivity index (χ3v) is 5.50. The number of aryl methyl sites for hydroxylation is 1. The van der Waals surface area contributed by atoms with Gasteiger partial charge in [-0.2, -0.15) is 0 Å². The van der Waals surface area contributed by atoms with Crippen molar-refractivity contribution >= 4 is 11.0 Å². The SMILES string of the molecule is CCCCCCCCc1cc2c(nnn2C2CC(CO)CC2O)c(=O)[nH]1. The monoisotopic (exact) mass is 362 g/mol. The molecule has 3 unspecified atom stereocenters. The molecule has 26 heavy (non-hydrogen) atoms. The highest BCUT2D eigenvalue weighted by Gasteiger charge is 2.35. The van der Waals surface area contributed by atoms with Gasteiger partial charge in [-0.3, -0.25) is 4.79 Å². The Morgan fingerprint density at radius 1 is 1.23 bits per heavy atom. The van der Waals surface area contributed by atoms with E-state index in [9.17, 15) is 15.0 Å². The van der Waals surface area contributed by atoms with Gasteiger partial charge in [0.05, 0.1) is 17.7 Å². The number of aliphatic hydroxyl groups excluding tert-OH is 2. The molecule has 2 aromatic rings. The number of pyridine rings is 1. The predicted octanol–water partition coefficient (Wildman–Crippen LogP) is 2.33. The lowest BCUT2D eigenvalue weighted by Crippen LogP contribution is -2.20. The molecule has 0 aliphatic heterocycles. The largest absolute Gasteiger partial charge is 0.396 e. The summed E-state index contributed by atoms with van der Waals surface area (Å²) in [5, 5.41) is 27.8. The van der Waals surface area contributed by atoms with Crippen LogP contribution >= 0.6 is 0 Å². The molecule has 7 heteroatoms. The van der Waals surface area contributed by atoms with E-state index in [-0.39, 0.29) is 24.1 Å². The first-order valence-electron chi connectivity index (χ1n) is 9.90. The van der Waals surface area contributed by atoms with Crippen LogP contribution in [0.1, 0.15) is 70.0 Å². The Morgan fingerprint density at radius 2 is 2.00 bits per heavy atom. The highest BCUT2D eigenvalue weighted by atomic mass is 16.3. The van der Waals surface area contributed by atoms with Gasteiger partial charge in [-0.15, -0.1) is 5.10 Å². The zero-order valence-corrected chi connectivity index (χ0v) is 15.5. The maximum Gasteiger partial charge on any atom is 0.278 e. The maximum atomic E-state index is 12.3. The number of nitrogens with zero attached hydrogens (tertiary/aromatic N) is 3. The van der Waals surface area contributed by atoms with E-state index in [4.69, 9.17) is 0 Å². The smallest absolute Gasteiger partial charge is 0.278 e. The Kier molecular flexibility index (Phi) is 6.43. The fourth-order valence-corrected chi connectivity index (χ4v) is 3.98. The van der Waals surface area contributed by atoms with E-state index < -0.39 is 6.10 Å². The summed E-state index contributed by atoms with van der Waals surface area (Å²) < 4.78 is 1.68. The lowest BCUT2D eigenvalue weighted by atomic mass is 10.1. The molecule has 3 atom stereocenters. The molecule has 2 heterocycles. The molecule has 0 bridgehead atoms. The summed E-state index contributed by atoms with van der Waals surface area (Å²) >= 11 is 0. The predicted molar refractivity (Wildman–Crippen MR) is 100 cm³/mol. The van der Waals surface area contributed by atoms with Gasteiger partial charge in [0.25, 0.3) is 5.56 Å². The molecular weight excluding hydrogens is 332 g/mol. The number of aromatic nitrogens is 4. The van der Waals surface area contributed by atoms with E-state index in [2.05, 4.69) is 22.2 Å². The topological polar surface area (TPSA) is 104 Å². The fourth-order valence-electron chi connectivity index (χ4n) is 3.98. The number of nitrogens with one attached hydrogen (secondary N) is 1. The number of unbranched alkanes of at least 4 members (excludes halogenated alkanes) is 5. The van der Waals surface area contributed by atoms with Crippen LogP contribution in [0.4, 0.5) is 0 Å². The van der Waals surface area contributed by atoms with Gasteiger partial charge >= 0.3 is 0 Å². The van der Waals surface area contributed by atoms with Crippen LogP contribution in [-0.2, 0) is 6.42 Å². The zero-order chi connectivity index (χ0) is 18.5. The molecular formula is C19H30N4O3. The number of aromatic amines is 1. The average Bonchev–Trinajstić information content (AvgIpc) is 3.21. The van der Waals surface area contributed by atoms with Crippen molar-refractivity contribution in [3.05, 3.63) is 22.1 Å². The van der Waals surface area contributed by atoms with Crippen molar-refractivity contribution in [3.8, 4) is 0 Å². The number of H-pyrrole nitrogens is 1. The van der Waals surface area contributed by atoms with Gasteiger partial charge < -0.3 is 15.2 Å². The standard InChI is InChI=1S/C19H30N4O3/c1-2-3-4-5-6-7-8-14-11-16-18(19(26)20-14)21-22-23(16)15-9-13(12-24)10-17(15)25/h11,13,15,17,24-25H,2-10,12H2,1H3,(H,20,26). The quantitative estimate of drug-likeness (QED) is 0.594. The molecule has 0 saturated heterocycles. The number of hydrogen-bond acceptors (Lipinski definition) is 5. The molecule has 1 fully saturated rings. The third kappa shape index (κ3) is 4.15. The van der Waals surface area contributed by atoms with Crippen molar-refractivity contribution in [2.45, 2.75) is 76.9 Å². The van der Waals surface area contributed by atoms with Crippen LogP contribution in [0.15, 0.2) is 10.9 Å². The van der Waals surface area contributed by atoms with Crippen molar-refractivity contribution in [1.29, 1.82) is 0 Å². The van der Waals surface area contributed by atoms with Crippen molar-refractivity contribution in [2.75, 3.05) is 6.61 Å². The van der Waals surface area contributed by atoms with Gasteiger partial charge in [0.2, 0.25) is 0 Å². The summed E-state index contributed by atoms with van der Waals surface area (Å²) in [6.07, 6.45) is 8.70. The van der Waals surface area contributed by atoms with Crippen molar-refractivity contribution in [3.63, 3.8) is 0 Å². The highest BCUT2D eigenvalue weighted by Crippen LogP contribution is 2.35. The molecule has 1 aliphatic rings. The number of rotatable bonds is 9. The van der Waals surface area contributed by atoms with Crippen LogP contribution in [-0.4, -0.2) is 42.9 Å². The second-order valence-corrected chi connectivity index (χ2v) is 7.56. The molecule has 3 rings (SSSR count). The Hall–Kier alpha value is -1.73. The highest BCUT2D eigenvalue weighted by molar-refractivity contribution is 5.73. The van der Waals surface area contributed by atoms with Crippen molar-refractivity contribution < 1.29 is 10.2 Å². The minimum Gasteiger partial charge on any atom is -0.396 e. The Bertz CT molecular complexity index is 770. The van der Waals surface area contributed by atoms with Gasteiger partial charge in [-0.05, 0) is 37.7 Å². The maximum absolute atomic E-state index is 12.3. The molecule has 0 spiro atoms. The van der Waals surface area contributed by atoms with Crippen molar-refractivity contribution in [1.82, 2.24) is 20.0 Å². The molecule has 2 aromatic heterocycles. The molecule has 7 nitrogen and oxygen atoms in total. The Labute approximate surface area is 153 Å². The zero-order valence-electron chi connectivity index (χ0n) is 15.5. The molecule has 3 N–H and O–H groups in total. The summed E-state index contributed by atoms with van der Waals surface area (Å²) in [6.45, 7) is 2.27. The normalized spacial score (nSPS) is 23.1. The van der Waals surface area contributed by atoms with Crippen LogP contribution in [0.2, 0.25) is 0 Å². The summed E-state index contributed by atoms with van der Waals surface area (Å²) in [4.78, 5) is 15.2. The van der Waals surface area contributed by atoms with Gasteiger partial charge in [0, 0.05) is 12.3 Å². The minimum absolute atomic E-state index is 0.0596. The Morgan fingerprint density at radius 3 is 2.73 bits per heavy atom. The van der Waals surface area contributed by atoms with E-state index in [0.717, 1.165) is 25.0 Å². The first-order valence-corrected chi connectivity index (χ1v) is 9.90. The molecule has 1 aliphatic carbocycles. The van der Waals surface area contributed by atoms with Crippen LogP contribution in [0.5, 0.6) is 0 Å². The van der Waals surface area contributed by atoms with Gasteiger partial charge in [0.1, 0.15) is 0 Å². The van der Waals surface area contributed by atoms with Crippen LogP contribution in [0, 0.1) is 5.92 Å². The second kappa shape index (κ2) is 8.77. The lowest BCUT2D eigenvalue weighted by Gasteiger charge is -2.15. The molecule has 1 saturated carbocycles. The van der Waals surface area contributed by atoms with Gasteiger partial charge in [-0.25, -0.2) is 4.68 Å². The molecule has 0 amide bonds. The van der Waals surface area contributed by atoms with Crippen molar-refractivity contribution in [2.24, 2.45) is 5.92 Å². The first-order chi connectivity index (χ1) is 12.6. The van der Waals surface area contributed by atoms with Gasteiger partial charge in [0.15, 0.2) is 5.52 Å². The summed E-state index contributed by atoms with van der Waals surface area (Å²) in [6, 6.07) is 1.71. The van der Waals surface area contributed by atoms with Crippen LogP contribution < -0.4 is 5.56 Å². The molecule has 144 valence electrons. The second-order valence-electron chi connectivity index (χ2n) is 7.56. The summed E-state index contributed by atoms with van der Waals surface area (Å²) in [5.41, 5.74) is 1.67. The van der Waals surface area contributed by atoms with E-state index >= 15 is 0 Å². The van der Waals surface area contributed by atoms with E-state index in [0.29, 0.717) is 23.9 Å². The number of aliphatic hydroxyl groups is 2. The van der Waals surface area contributed by atoms with Crippen LogP contribution in [0.3, 0.4) is 0 Å². The van der Waals surface area contributed by atoms with E-state index in [1.54, 1.807) is 4.68 Å². The molecule has 0 radical (unpaired) electrons. The lowest BCUT2D eigenvalue weighted by molar-refractivity contribution is 0.127.